The highest BCUT2D eigenvalue weighted by Crippen LogP contribution is 2.71. The monoisotopic (exact) mass is 1630 g/mol. The minimum absolute atomic E-state index is 0.699. The summed E-state index contributed by atoms with van der Waals surface area (Å²) in [4.78, 5) is 9.91. The lowest BCUT2D eigenvalue weighted by Crippen LogP contribution is -2.27. The van der Waals surface area contributed by atoms with E-state index in [9.17, 15) is 0 Å². The first-order chi connectivity index (χ1) is 63.4. The number of hydrogen-bond donors (Lipinski definition) is 0. The number of anilines is 12. The molecule has 0 atom stereocenters. The highest BCUT2D eigenvalue weighted by molar-refractivity contribution is 6.26. The number of rotatable bonds is 13. The SMILES string of the molecule is Cc1cc(-c2cccc(N(c3ccccc3)c3cc4c(c5ccccc35)C3(c5ccccc5-c5ccccc53)c3c-4c4ccccc4c4cc(N(c5ccccc5)c5ccccc5)ccc34)c2)ccc1N(c1ccccc1)c1ccc2c3c(c4ccccc4c2c1)-c1cc(N(c2ccccc2)c2ccccc2C)c2ccccc2c1C31c2ccccc2-c2ccccc21. The summed E-state index contributed by atoms with van der Waals surface area (Å²) in [5.41, 5.74) is 37.0. The fourth-order valence-electron chi connectivity index (χ4n) is 23.4. The van der Waals surface area contributed by atoms with Crippen LogP contribution in [0.4, 0.5) is 68.2 Å². The molecular formula is C124H82N4. The van der Waals surface area contributed by atoms with Crippen molar-refractivity contribution in [2.45, 2.75) is 24.7 Å². The van der Waals surface area contributed by atoms with Crippen molar-refractivity contribution >= 4 is 133 Å². The number of nitrogens with zero attached hydrogens (tertiary/aromatic N) is 4. The van der Waals surface area contributed by atoms with Gasteiger partial charge in [0.2, 0.25) is 0 Å². The lowest BCUT2D eigenvalue weighted by Gasteiger charge is -2.34. The van der Waals surface area contributed by atoms with E-state index in [4.69, 9.17) is 0 Å². The zero-order chi connectivity index (χ0) is 84.5. The van der Waals surface area contributed by atoms with Gasteiger partial charge in [0.15, 0.2) is 0 Å². The molecule has 128 heavy (non-hydrogen) atoms. The molecule has 4 nitrogen and oxygen atoms in total. The standard InChI is InChI=1S/C124H82N4/c1-79-37-18-35-66-113(79)128(87-47-16-7-17-48-87)116-78-108-118-100-59-24-20-51-92(100)106-76-90(69-71-104(106)122(118)124(120(108)102-61-26-22-57-98(102)116)111-64-33-29-54-95(111)96-55-30-34-65-112(96)124)126(85-43-12-5-13-44-85)114-72-67-82(73-80(114)2)81-38-36-49-88(74-81)127(86-45-14-6-15-46-86)115-77-107-117-99-58-23-19-50-91(99)105-75-89(125(83-39-8-3-9-40-83)84-41-10-4-11-42-84)68-70-103(105)121(117)123(119(107)101-60-25-21-56-97(101)115)109-62-31-27-52-93(109)94-53-28-32-63-110(94)123/h3-78H,1-2H3. The van der Waals surface area contributed by atoms with Crippen LogP contribution in [0.1, 0.15) is 55.6 Å². The van der Waals surface area contributed by atoms with E-state index in [2.05, 4.69) is 494 Å². The van der Waals surface area contributed by atoms with E-state index in [1.807, 2.05) is 0 Å². The van der Waals surface area contributed by atoms with E-state index < -0.39 is 10.8 Å². The molecule has 0 aromatic heterocycles. The number of benzene rings is 22. The number of para-hydroxylation sites is 6. The second-order valence-electron chi connectivity index (χ2n) is 34.8. The van der Waals surface area contributed by atoms with Gasteiger partial charge in [-0.25, -0.2) is 0 Å². The Morgan fingerprint density at radius 3 is 0.906 bits per heavy atom. The van der Waals surface area contributed by atoms with Crippen LogP contribution in [-0.2, 0) is 10.8 Å². The van der Waals surface area contributed by atoms with Gasteiger partial charge in [0, 0.05) is 67.6 Å². The van der Waals surface area contributed by atoms with Crippen LogP contribution in [0.3, 0.4) is 0 Å². The van der Waals surface area contributed by atoms with Crippen LogP contribution in [0.25, 0.3) is 120 Å². The minimum Gasteiger partial charge on any atom is -0.310 e. The van der Waals surface area contributed by atoms with Gasteiger partial charge in [0.25, 0.3) is 0 Å². The first-order valence-corrected chi connectivity index (χ1v) is 44.6. The normalized spacial score (nSPS) is 13.0. The molecule has 0 bridgehead atoms. The maximum atomic E-state index is 2.57. The molecule has 4 heteroatoms. The van der Waals surface area contributed by atoms with Crippen molar-refractivity contribution in [1.82, 2.24) is 0 Å². The maximum absolute atomic E-state index is 2.57. The van der Waals surface area contributed by atoms with Crippen LogP contribution >= 0.6 is 0 Å². The molecule has 0 radical (unpaired) electrons. The Bertz CT molecular complexity index is 8240. The quantitative estimate of drug-likeness (QED) is 0.107. The molecule has 4 aliphatic rings. The molecule has 0 saturated carbocycles. The van der Waals surface area contributed by atoms with Crippen molar-refractivity contribution in [2.75, 3.05) is 19.6 Å². The highest BCUT2D eigenvalue weighted by atomic mass is 15.2. The molecule has 2 spiro atoms. The summed E-state index contributed by atoms with van der Waals surface area (Å²) in [5, 5.41) is 14.6. The molecule has 598 valence electrons. The Morgan fingerprint density at radius 2 is 0.469 bits per heavy atom. The molecule has 26 rings (SSSR count). The summed E-state index contributed by atoms with van der Waals surface area (Å²) in [6.45, 7) is 4.53. The number of hydrogen-bond acceptors (Lipinski definition) is 4. The van der Waals surface area contributed by atoms with Gasteiger partial charge < -0.3 is 19.6 Å². The highest BCUT2D eigenvalue weighted by Gasteiger charge is 2.56. The van der Waals surface area contributed by atoms with Gasteiger partial charge >= 0.3 is 0 Å². The topological polar surface area (TPSA) is 13.0 Å². The average Bonchev–Trinajstić information content (AvgIpc) is 1.49. The van der Waals surface area contributed by atoms with E-state index in [1.54, 1.807) is 0 Å². The Labute approximate surface area is 744 Å². The van der Waals surface area contributed by atoms with Gasteiger partial charge in [-0.1, -0.05) is 334 Å². The van der Waals surface area contributed by atoms with Crippen LogP contribution in [0, 0.1) is 13.8 Å². The van der Waals surface area contributed by atoms with Crippen LogP contribution < -0.4 is 19.6 Å². The van der Waals surface area contributed by atoms with E-state index >= 15 is 0 Å². The smallest absolute Gasteiger partial charge is 0.0737 e. The molecule has 0 fully saturated rings. The molecule has 0 N–H and O–H groups in total. The van der Waals surface area contributed by atoms with Crippen molar-refractivity contribution in [2.24, 2.45) is 0 Å². The lowest BCUT2D eigenvalue weighted by atomic mass is 9.68. The maximum Gasteiger partial charge on any atom is 0.0737 e. The van der Waals surface area contributed by atoms with Crippen molar-refractivity contribution in [1.29, 1.82) is 0 Å². The van der Waals surface area contributed by atoms with Crippen LogP contribution in [0.5, 0.6) is 0 Å². The van der Waals surface area contributed by atoms with Gasteiger partial charge in [0.05, 0.1) is 22.2 Å². The molecule has 22 aromatic carbocycles. The van der Waals surface area contributed by atoms with Crippen LogP contribution in [0.15, 0.2) is 461 Å². The Morgan fingerprint density at radius 1 is 0.156 bits per heavy atom. The van der Waals surface area contributed by atoms with E-state index in [0.717, 1.165) is 84.9 Å². The molecule has 0 heterocycles. The second kappa shape index (κ2) is 28.6. The summed E-state index contributed by atoms with van der Waals surface area (Å²) in [5.74, 6) is 0. The Balaban J connectivity index is 0.645. The van der Waals surface area contributed by atoms with Crippen LogP contribution in [0.2, 0.25) is 0 Å². The van der Waals surface area contributed by atoms with Crippen molar-refractivity contribution in [3.05, 3.63) is 517 Å². The van der Waals surface area contributed by atoms with Gasteiger partial charge in [-0.2, -0.15) is 0 Å². The summed E-state index contributed by atoms with van der Waals surface area (Å²) >= 11 is 0. The fraction of sp³-hybridized carbons (Fsp3) is 0.0323. The molecule has 0 saturated heterocycles. The summed E-state index contributed by atoms with van der Waals surface area (Å²) in [6, 6.07) is 174. The fourth-order valence-corrected chi connectivity index (χ4v) is 23.4. The number of fused-ring (bicyclic) bond motifs is 34. The second-order valence-corrected chi connectivity index (χ2v) is 34.8. The molecule has 0 amide bonds. The van der Waals surface area contributed by atoms with Gasteiger partial charge in [0.1, 0.15) is 0 Å². The first kappa shape index (κ1) is 73.2. The first-order valence-electron chi connectivity index (χ1n) is 44.6. The predicted molar refractivity (Wildman–Crippen MR) is 538 cm³/mol. The van der Waals surface area contributed by atoms with Crippen molar-refractivity contribution in [3.63, 3.8) is 0 Å². The zero-order valence-electron chi connectivity index (χ0n) is 70.7. The lowest BCUT2D eigenvalue weighted by molar-refractivity contribution is 0.809. The Hall–Kier alpha value is -16.4. The molecule has 4 aliphatic carbocycles. The third-order valence-electron chi connectivity index (χ3n) is 28.3. The van der Waals surface area contributed by atoms with Crippen molar-refractivity contribution < 1.29 is 0 Å². The average molecular weight is 1630 g/mol. The predicted octanol–water partition coefficient (Wildman–Crippen LogP) is 33.5. The van der Waals surface area contributed by atoms with E-state index in [-0.39, 0.29) is 0 Å². The van der Waals surface area contributed by atoms with E-state index in [0.29, 0.717) is 0 Å². The van der Waals surface area contributed by atoms with Gasteiger partial charge in [-0.05, 0) is 306 Å². The summed E-state index contributed by atoms with van der Waals surface area (Å²) < 4.78 is 0. The van der Waals surface area contributed by atoms with Crippen molar-refractivity contribution in [3.8, 4) is 55.6 Å². The third kappa shape index (κ3) is 10.5. The summed E-state index contributed by atoms with van der Waals surface area (Å²) in [7, 11) is 0. The molecule has 22 aromatic rings. The minimum atomic E-state index is -0.706. The molecule has 0 aliphatic heterocycles. The Kier molecular flexibility index (Phi) is 16.3. The number of aryl methyl sites for hydroxylation is 2. The van der Waals surface area contributed by atoms with Gasteiger partial charge in [-0.3, -0.25) is 0 Å². The van der Waals surface area contributed by atoms with E-state index in [1.165, 1.54) is 159 Å². The summed E-state index contributed by atoms with van der Waals surface area (Å²) in [6.07, 6.45) is 0. The largest absolute Gasteiger partial charge is 0.310 e. The third-order valence-corrected chi connectivity index (χ3v) is 28.3. The van der Waals surface area contributed by atoms with Gasteiger partial charge in [-0.15, -0.1) is 0 Å². The molecular weight excluding hydrogens is 1550 g/mol. The van der Waals surface area contributed by atoms with Crippen LogP contribution in [-0.4, -0.2) is 0 Å². The zero-order valence-corrected chi connectivity index (χ0v) is 70.7. The molecule has 0 unspecified atom stereocenters.